The molecule has 0 spiro atoms. The topological polar surface area (TPSA) is 66.9 Å². The third kappa shape index (κ3) is 5.79. The summed E-state index contributed by atoms with van der Waals surface area (Å²) in [6.45, 7) is 1.33. The van der Waals surface area contributed by atoms with E-state index in [0.717, 1.165) is 12.0 Å². The van der Waals surface area contributed by atoms with Crippen LogP contribution in [0.25, 0.3) is 0 Å². The average molecular weight is 305 g/mol. The van der Waals surface area contributed by atoms with E-state index in [9.17, 15) is 4.79 Å². The van der Waals surface area contributed by atoms with Crippen molar-refractivity contribution in [2.45, 2.75) is 12.8 Å². The van der Waals surface area contributed by atoms with Gasteiger partial charge in [0.25, 0.3) is 0 Å². The van der Waals surface area contributed by atoms with Crippen LogP contribution in [0.1, 0.15) is 12.0 Å². The van der Waals surface area contributed by atoms with Crippen LogP contribution >= 0.6 is 11.6 Å². The number of hydrogen-bond acceptors (Lipinski definition) is 4. The molecule has 0 atom stereocenters. The van der Waals surface area contributed by atoms with E-state index in [2.05, 4.69) is 20.6 Å². The molecule has 6 heteroatoms. The van der Waals surface area contributed by atoms with Crippen molar-refractivity contribution in [1.29, 1.82) is 0 Å². The van der Waals surface area contributed by atoms with Crippen LogP contribution in [0.5, 0.6) is 0 Å². The maximum Gasteiger partial charge on any atom is 0.224 e. The molecule has 110 valence electrons. The highest BCUT2D eigenvalue weighted by atomic mass is 35.5. The molecule has 0 saturated carbocycles. The first kappa shape index (κ1) is 15.3. The SMILES string of the molecule is O=C(Cc1ccc(Cl)cc1)NCCCNc1ncccn1. The van der Waals surface area contributed by atoms with Gasteiger partial charge in [-0.15, -0.1) is 0 Å². The summed E-state index contributed by atoms with van der Waals surface area (Å²) in [6, 6.07) is 9.05. The van der Waals surface area contributed by atoms with Crippen LogP contribution in [-0.2, 0) is 11.2 Å². The highest BCUT2D eigenvalue weighted by Crippen LogP contribution is 2.09. The van der Waals surface area contributed by atoms with Gasteiger partial charge in [-0.05, 0) is 30.2 Å². The fraction of sp³-hybridized carbons (Fsp3) is 0.267. The zero-order valence-electron chi connectivity index (χ0n) is 11.6. The monoisotopic (exact) mass is 304 g/mol. The standard InChI is InChI=1S/C15H17ClN4O/c16-13-5-3-12(4-6-13)11-14(21)17-7-1-8-18-15-19-9-2-10-20-15/h2-6,9-10H,1,7-8,11H2,(H,17,21)(H,18,19,20). The van der Waals surface area contributed by atoms with Crippen molar-refractivity contribution in [2.24, 2.45) is 0 Å². The molecule has 21 heavy (non-hydrogen) atoms. The van der Waals surface area contributed by atoms with Gasteiger partial charge >= 0.3 is 0 Å². The number of anilines is 1. The summed E-state index contributed by atoms with van der Waals surface area (Å²) in [5, 5.41) is 6.64. The van der Waals surface area contributed by atoms with E-state index in [1.807, 2.05) is 12.1 Å². The second-order valence-electron chi connectivity index (χ2n) is 4.51. The molecule has 1 aromatic carbocycles. The molecule has 0 aliphatic heterocycles. The van der Waals surface area contributed by atoms with Gasteiger partial charge in [-0.3, -0.25) is 4.79 Å². The van der Waals surface area contributed by atoms with E-state index in [4.69, 9.17) is 11.6 Å². The Morgan fingerprint density at radius 3 is 2.52 bits per heavy atom. The van der Waals surface area contributed by atoms with E-state index >= 15 is 0 Å². The zero-order valence-corrected chi connectivity index (χ0v) is 12.3. The van der Waals surface area contributed by atoms with Crippen molar-refractivity contribution in [3.05, 3.63) is 53.3 Å². The third-order valence-electron chi connectivity index (χ3n) is 2.80. The molecule has 0 bridgehead atoms. The van der Waals surface area contributed by atoms with Gasteiger partial charge in [0.2, 0.25) is 11.9 Å². The molecule has 0 fully saturated rings. The molecular weight excluding hydrogens is 288 g/mol. The summed E-state index contributed by atoms with van der Waals surface area (Å²) in [6.07, 6.45) is 4.55. The minimum Gasteiger partial charge on any atom is -0.356 e. The van der Waals surface area contributed by atoms with E-state index in [0.29, 0.717) is 30.5 Å². The Balaban J connectivity index is 1.60. The average Bonchev–Trinajstić information content (AvgIpc) is 2.50. The lowest BCUT2D eigenvalue weighted by Crippen LogP contribution is -2.27. The zero-order chi connectivity index (χ0) is 14.9. The minimum absolute atomic E-state index is 0.00767. The van der Waals surface area contributed by atoms with Crippen LogP contribution in [0.2, 0.25) is 5.02 Å². The highest BCUT2D eigenvalue weighted by molar-refractivity contribution is 6.30. The summed E-state index contributed by atoms with van der Waals surface area (Å²) < 4.78 is 0. The Morgan fingerprint density at radius 2 is 1.81 bits per heavy atom. The molecule has 0 saturated heterocycles. The summed E-state index contributed by atoms with van der Waals surface area (Å²) >= 11 is 5.80. The number of halogens is 1. The van der Waals surface area contributed by atoms with Crippen molar-refractivity contribution in [3.8, 4) is 0 Å². The number of aromatic nitrogens is 2. The molecule has 1 heterocycles. The van der Waals surface area contributed by atoms with Crippen molar-refractivity contribution in [1.82, 2.24) is 15.3 Å². The number of carbonyl (C=O) groups excluding carboxylic acids is 1. The Morgan fingerprint density at radius 1 is 1.10 bits per heavy atom. The number of nitrogens with one attached hydrogen (secondary N) is 2. The summed E-state index contributed by atoms with van der Waals surface area (Å²) in [7, 11) is 0. The van der Waals surface area contributed by atoms with Crippen LogP contribution in [-0.4, -0.2) is 29.0 Å². The number of carbonyl (C=O) groups is 1. The highest BCUT2D eigenvalue weighted by Gasteiger charge is 2.02. The summed E-state index contributed by atoms with van der Waals surface area (Å²) in [5.41, 5.74) is 0.952. The Labute approximate surface area is 128 Å². The van der Waals surface area contributed by atoms with Gasteiger partial charge in [-0.25, -0.2) is 9.97 Å². The van der Waals surface area contributed by atoms with Crippen molar-refractivity contribution >= 4 is 23.5 Å². The number of rotatable bonds is 7. The predicted molar refractivity (Wildman–Crippen MR) is 83.3 cm³/mol. The third-order valence-corrected chi connectivity index (χ3v) is 3.05. The first-order chi connectivity index (χ1) is 10.2. The van der Waals surface area contributed by atoms with E-state index in [-0.39, 0.29) is 5.91 Å². The lowest BCUT2D eigenvalue weighted by atomic mass is 10.1. The Kier molecular flexibility index (Phi) is 5.97. The van der Waals surface area contributed by atoms with E-state index in [1.54, 1.807) is 30.6 Å². The quantitative estimate of drug-likeness (QED) is 0.770. The smallest absolute Gasteiger partial charge is 0.224 e. The van der Waals surface area contributed by atoms with Gasteiger partial charge in [0, 0.05) is 30.5 Å². The second kappa shape index (κ2) is 8.21. The van der Waals surface area contributed by atoms with Gasteiger partial charge in [-0.2, -0.15) is 0 Å². The van der Waals surface area contributed by atoms with Crippen LogP contribution in [0.4, 0.5) is 5.95 Å². The minimum atomic E-state index is 0.00767. The van der Waals surface area contributed by atoms with Crippen molar-refractivity contribution in [3.63, 3.8) is 0 Å². The first-order valence-electron chi connectivity index (χ1n) is 6.76. The normalized spacial score (nSPS) is 10.1. The number of benzene rings is 1. The second-order valence-corrected chi connectivity index (χ2v) is 4.94. The molecule has 5 nitrogen and oxygen atoms in total. The maximum atomic E-state index is 11.7. The molecule has 0 radical (unpaired) electrons. The molecular formula is C15H17ClN4O. The molecule has 2 rings (SSSR count). The fourth-order valence-corrected chi connectivity index (χ4v) is 1.88. The molecule has 2 aromatic rings. The molecule has 2 N–H and O–H groups in total. The van der Waals surface area contributed by atoms with Crippen LogP contribution < -0.4 is 10.6 Å². The maximum absolute atomic E-state index is 11.7. The van der Waals surface area contributed by atoms with Crippen LogP contribution in [0.15, 0.2) is 42.7 Å². The largest absolute Gasteiger partial charge is 0.356 e. The van der Waals surface area contributed by atoms with Gasteiger partial charge in [0.15, 0.2) is 0 Å². The fourth-order valence-electron chi connectivity index (χ4n) is 1.76. The molecule has 0 aliphatic rings. The number of amides is 1. The molecule has 1 aromatic heterocycles. The van der Waals surface area contributed by atoms with E-state index in [1.165, 1.54) is 0 Å². The lowest BCUT2D eigenvalue weighted by Gasteiger charge is -2.06. The summed E-state index contributed by atoms with van der Waals surface area (Å²) in [5.74, 6) is 0.610. The van der Waals surface area contributed by atoms with Crippen molar-refractivity contribution < 1.29 is 4.79 Å². The molecule has 1 amide bonds. The van der Waals surface area contributed by atoms with Gasteiger partial charge < -0.3 is 10.6 Å². The van der Waals surface area contributed by atoms with Crippen molar-refractivity contribution in [2.75, 3.05) is 18.4 Å². The van der Waals surface area contributed by atoms with Gasteiger partial charge in [0.05, 0.1) is 6.42 Å². The van der Waals surface area contributed by atoms with Gasteiger partial charge in [-0.1, -0.05) is 23.7 Å². The summed E-state index contributed by atoms with van der Waals surface area (Å²) in [4.78, 5) is 19.8. The first-order valence-corrected chi connectivity index (χ1v) is 7.14. The van der Waals surface area contributed by atoms with Crippen LogP contribution in [0.3, 0.4) is 0 Å². The lowest BCUT2D eigenvalue weighted by molar-refractivity contribution is -0.120. The number of hydrogen-bond donors (Lipinski definition) is 2. The predicted octanol–water partition coefficient (Wildman–Crippen LogP) is 2.29. The number of nitrogens with zero attached hydrogens (tertiary/aromatic N) is 2. The molecule has 0 aliphatic carbocycles. The van der Waals surface area contributed by atoms with Gasteiger partial charge in [0.1, 0.15) is 0 Å². The van der Waals surface area contributed by atoms with Crippen LogP contribution in [0, 0.1) is 0 Å². The molecule has 0 unspecified atom stereocenters. The Hall–Kier alpha value is -2.14. The Bertz CT molecular complexity index is 560. The van der Waals surface area contributed by atoms with E-state index < -0.39 is 0 Å².